The van der Waals surface area contributed by atoms with E-state index < -0.39 is 29.9 Å². The summed E-state index contributed by atoms with van der Waals surface area (Å²) in [4.78, 5) is 41.9. The van der Waals surface area contributed by atoms with E-state index in [1.807, 2.05) is 20.8 Å². The minimum Gasteiger partial charge on any atom is -0.480 e. The number of amidine groups is 1. The number of imide groups is 1. The lowest BCUT2D eigenvalue weighted by Gasteiger charge is -2.44. The van der Waals surface area contributed by atoms with Crippen LogP contribution in [0, 0.1) is 11.8 Å². The molecule has 0 bridgehead atoms. The van der Waals surface area contributed by atoms with Crippen molar-refractivity contribution in [3.63, 3.8) is 0 Å². The Kier molecular flexibility index (Phi) is 6.98. The van der Waals surface area contributed by atoms with Crippen molar-refractivity contribution in [2.45, 2.75) is 65.0 Å². The second-order valence-electron chi connectivity index (χ2n) is 7.41. The predicted octanol–water partition coefficient (Wildman–Crippen LogP) is 1.90. The number of carbonyl (C=O) groups is 3. The SMILES string of the molecule is CCCC(CCC)NC(=O)N1C(=O)C(CC2=CC(N)=NCC2C)C1C(=O)O. The van der Waals surface area contributed by atoms with E-state index in [-0.39, 0.29) is 18.4 Å². The molecule has 1 saturated heterocycles. The Hall–Kier alpha value is -2.38. The molecule has 0 spiro atoms. The van der Waals surface area contributed by atoms with Gasteiger partial charge in [-0.15, -0.1) is 0 Å². The standard InChI is InChI=1S/C19H30N4O4/c1-4-6-13(7-5-2)22-19(27)23-16(18(25)26)14(17(23)24)8-12-9-15(20)21-10-11(12)3/h9,11,13-14,16H,4-8,10H2,1-3H3,(H2,20,21)(H,22,27)(H,25,26). The summed E-state index contributed by atoms with van der Waals surface area (Å²) in [6, 6.07) is -1.80. The minimum absolute atomic E-state index is 0.0501. The number of hydrogen-bond acceptors (Lipinski definition) is 5. The van der Waals surface area contributed by atoms with Crippen LogP contribution >= 0.6 is 0 Å². The fourth-order valence-electron chi connectivity index (χ4n) is 3.74. The molecule has 8 heteroatoms. The molecular formula is C19H30N4O4. The predicted molar refractivity (Wildman–Crippen MR) is 102 cm³/mol. The van der Waals surface area contributed by atoms with Gasteiger partial charge in [-0.05, 0) is 31.3 Å². The van der Waals surface area contributed by atoms with Gasteiger partial charge in [-0.1, -0.05) is 39.2 Å². The zero-order valence-electron chi connectivity index (χ0n) is 16.3. The lowest BCUT2D eigenvalue weighted by Crippen LogP contribution is -2.68. The molecule has 0 aromatic rings. The quantitative estimate of drug-likeness (QED) is 0.556. The molecule has 0 aromatic heterocycles. The first-order valence-corrected chi connectivity index (χ1v) is 9.66. The van der Waals surface area contributed by atoms with Crippen molar-refractivity contribution < 1.29 is 19.5 Å². The Balaban J connectivity index is 2.09. The number of rotatable bonds is 8. The third-order valence-corrected chi connectivity index (χ3v) is 5.26. The number of nitrogens with zero attached hydrogens (tertiary/aromatic N) is 2. The van der Waals surface area contributed by atoms with Crippen LogP contribution in [0.25, 0.3) is 0 Å². The smallest absolute Gasteiger partial charge is 0.327 e. The maximum absolute atomic E-state index is 12.6. The normalized spacial score (nSPS) is 25.0. The second-order valence-corrected chi connectivity index (χ2v) is 7.41. The number of carbonyl (C=O) groups excluding carboxylic acids is 2. The Morgan fingerprint density at radius 2 is 2.00 bits per heavy atom. The molecule has 4 N–H and O–H groups in total. The number of nitrogens with two attached hydrogens (primary N) is 1. The second kappa shape index (κ2) is 9.01. The fraction of sp³-hybridized carbons (Fsp3) is 0.684. The van der Waals surface area contributed by atoms with Gasteiger partial charge in [-0.3, -0.25) is 9.79 Å². The van der Waals surface area contributed by atoms with Crippen LogP contribution in [0.5, 0.6) is 0 Å². The highest BCUT2D eigenvalue weighted by Crippen LogP contribution is 2.35. The zero-order valence-corrected chi connectivity index (χ0v) is 16.3. The Morgan fingerprint density at radius 1 is 1.37 bits per heavy atom. The molecule has 3 atom stereocenters. The van der Waals surface area contributed by atoms with Crippen molar-refractivity contribution >= 4 is 23.7 Å². The van der Waals surface area contributed by atoms with Crippen LogP contribution in [-0.4, -0.2) is 52.4 Å². The monoisotopic (exact) mass is 378 g/mol. The third kappa shape index (κ3) is 4.67. The van der Waals surface area contributed by atoms with Crippen molar-refractivity contribution in [2.75, 3.05) is 6.54 Å². The maximum atomic E-state index is 12.6. The topological polar surface area (TPSA) is 125 Å². The van der Waals surface area contributed by atoms with Gasteiger partial charge in [-0.2, -0.15) is 0 Å². The van der Waals surface area contributed by atoms with Gasteiger partial charge in [0, 0.05) is 12.6 Å². The molecule has 0 aromatic carbocycles. The summed E-state index contributed by atoms with van der Waals surface area (Å²) < 4.78 is 0. The summed E-state index contributed by atoms with van der Waals surface area (Å²) in [7, 11) is 0. The molecule has 2 heterocycles. The average Bonchev–Trinajstić information content (AvgIpc) is 2.59. The summed E-state index contributed by atoms with van der Waals surface area (Å²) in [6.07, 6.45) is 5.39. The molecule has 2 rings (SSSR count). The molecule has 3 unspecified atom stereocenters. The highest BCUT2D eigenvalue weighted by Gasteiger charge is 2.55. The van der Waals surface area contributed by atoms with E-state index >= 15 is 0 Å². The van der Waals surface area contributed by atoms with Gasteiger partial charge in [0.05, 0.1) is 5.92 Å². The first-order chi connectivity index (χ1) is 12.8. The number of β-lactam (4-membered cyclic amide) rings is 1. The van der Waals surface area contributed by atoms with Crippen LogP contribution < -0.4 is 11.1 Å². The zero-order chi connectivity index (χ0) is 20.1. The molecule has 2 aliphatic rings. The van der Waals surface area contributed by atoms with E-state index in [1.165, 1.54) is 0 Å². The number of dihydropyridines is 1. The number of likely N-dealkylation sites (tertiary alicyclic amines) is 1. The molecule has 0 saturated carbocycles. The van der Waals surface area contributed by atoms with E-state index in [0.29, 0.717) is 12.4 Å². The Morgan fingerprint density at radius 3 is 2.56 bits per heavy atom. The van der Waals surface area contributed by atoms with E-state index in [0.717, 1.165) is 36.2 Å². The van der Waals surface area contributed by atoms with Gasteiger partial charge in [-0.25, -0.2) is 14.5 Å². The highest BCUT2D eigenvalue weighted by atomic mass is 16.4. The summed E-state index contributed by atoms with van der Waals surface area (Å²) in [5.41, 5.74) is 6.64. The van der Waals surface area contributed by atoms with E-state index in [1.54, 1.807) is 6.08 Å². The number of carboxylic acids is 1. The summed E-state index contributed by atoms with van der Waals surface area (Å²) >= 11 is 0. The summed E-state index contributed by atoms with van der Waals surface area (Å²) in [6.45, 7) is 6.53. The highest BCUT2D eigenvalue weighted by molar-refractivity contribution is 6.07. The van der Waals surface area contributed by atoms with Crippen LogP contribution in [0.4, 0.5) is 4.79 Å². The van der Waals surface area contributed by atoms with Gasteiger partial charge in [0.2, 0.25) is 5.91 Å². The number of nitrogens with one attached hydrogen (secondary N) is 1. The van der Waals surface area contributed by atoms with Gasteiger partial charge in [0.1, 0.15) is 5.84 Å². The third-order valence-electron chi connectivity index (χ3n) is 5.26. The first kappa shape index (κ1) is 20.9. The van der Waals surface area contributed by atoms with Crippen molar-refractivity contribution in [3.8, 4) is 0 Å². The molecule has 8 nitrogen and oxygen atoms in total. The maximum Gasteiger partial charge on any atom is 0.327 e. The van der Waals surface area contributed by atoms with Gasteiger partial charge < -0.3 is 16.2 Å². The van der Waals surface area contributed by atoms with Crippen molar-refractivity contribution in [2.24, 2.45) is 22.6 Å². The Bertz CT molecular complexity index is 652. The number of urea groups is 1. The minimum atomic E-state index is -1.16. The average molecular weight is 378 g/mol. The van der Waals surface area contributed by atoms with Crippen LogP contribution in [0.15, 0.2) is 16.6 Å². The number of aliphatic carboxylic acids is 1. The molecule has 27 heavy (non-hydrogen) atoms. The van der Waals surface area contributed by atoms with E-state index in [4.69, 9.17) is 5.73 Å². The first-order valence-electron chi connectivity index (χ1n) is 9.66. The molecule has 1 fully saturated rings. The molecule has 2 aliphatic heterocycles. The lowest BCUT2D eigenvalue weighted by atomic mass is 9.79. The summed E-state index contributed by atoms with van der Waals surface area (Å²) in [5.74, 6) is -1.87. The van der Waals surface area contributed by atoms with E-state index in [2.05, 4.69) is 10.3 Å². The van der Waals surface area contributed by atoms with Crippen molar-refractivity contribution in [1.29, 1.82) is 0 Å². The number of hydrogen-bond donors (Lipinski definition) is 3. The lowest BCUT2D eigenvalue weighted by molar-refractivity contribution is -0.165. The van der Waals surface area contributed by atoms with Crippen LogP contribution in [0.2, 0.25) is 0 Å². The van der Waals surface area contributed by atoms with Crippen LogP contribution in [0.1, 0.15) is 52.9 Å². The Labute approximate surface area is 159 Å². The number of amides is 3. The van der Waals surface area contributed by atoms with Crippen LogP contribution in [0.3, 0.4) is 0 Å². The largest absolute Gasteiger partial charge is 0.480 e. The van der Waals surface area contributed by atoms with E-state index in [9.17, 15) is 19.5 Å². The molecular weight excluding hydrogens is 348 g/mol. The van der Waals surface area contributed by atoms with Gasteiger partial charge in [0.15, 0.2) is 6.04 Å². The molecule has 3 amide bonds. The van der Waals surface area contributed by atoms with Crippen molar-refractivity contribution in [3.05, 3.63) is 11.6 Å². The summed E-state index contributed by atoms with van der Waals surface area (Å²) in [5, 5.41) is 12.4. The number of aliphatic imine (C=N–C) groups is 1. The van der Waals surface area contributed by atoms with Crippen molar-refractivity contribution in [1.82, 2.24) is 10.2 Å². The van der Waals surface area contributed by atoms with Gasteiger partial charge >= 0.3 is 12.0 Å². The molecule has 0 aliphatic carbocycles. The molecule has 150 valence electrons. The van der Waals surface area contributed by atoms with Gasteiger partial charge in [0.25, 0.3) is 0 Å². The van der Waals surface area contributed by atoms with Crippen LogP contribution in [-0.2, 0) is 9.59 Å². The molecule has 0 radical (unpaired) electrons. The number of carboxylic acid groups (broad SMARTS) is 1. The fourth-order valence-corrected chi connectivity index (χ4v) is 3.74.